The predicted molar refractivity (Wildman–Crippen MR) is 69.1 cm³/mol. The number of amides is 1. The van der Waals surface area contributed by atoms with Crippen molar-refractivity contribution >= 4 is 11.9 Å². The zero-order valence-corrected chi connectivity index (χ0v) is 11.2. The molecule has 3 unspecified atom stereocenters. The van der Waals surface area contributed by atoms with Gasteiger partial charge in [0.05, 0.1) is 11.8 Å². The standard InChI is InChI=1S/C13H22N2O3/c1-9(15(2)3)8-14-12(16)10-6-4-5-7-11(10)13(17)18/h4-5,9-11H,6-8H2,1-3H3,(H,14,16)(H,17,18). The van der Waals surface area contributed by atoms with Crippen molar-refractivity contribution in [1.29, 1.82) is 0 Å². The fourth-order valence-electron chi connectivity index (χ4n) is 1.94. The Hall–Kier alpha value is -1.36. The minimum atomic E-state index is -0.889. The summed E-state index contributed by atoms with van der Waals surface area (Å²) in [5.74, 6) is -2.08. The Morgan fingerprint density at radius 3 is 2.39 bits per heavy atom. The van der Waals surface area contributed by atoms with E-state index in [-0.39, 0.29) is 11.9 Å². The van der Waals surface area contributed by atoms with Crippen molar-refractivity contribution in [3.8, 4) is 0 Å². The molecule has 0 radical (unpaired) electrons. The van der Waals surface area contributed by atoms with Gasteiger partial charge in [0.2, 0.25) is 5.91 Å². The van der Waals surface area contributed by atoms with Crippen molar-refractivity contribution in [2.75, 3.05) is 20.6 Å². The number of likely N-dealkylation sites (N-methyl/N-ethyl adjacent to an activating group) is 1. The molecule has 0 heterocycles. The largest absolute Gasteiger partial charge is 0.481 e. The number of carbonyl (C=O) groups is 2. The van der Waals surface area contributed by atoms with Gasteiger partial charge in [-0.25, -0.2) is 0 Å². The van der Waals surface area contributed by atoms with Crippen LogP contribution < -0.4 is 5.32 Å². The van der Waals surface area contributed by atoms with E-state index >= 15 is 0 Å². The van der Waals surface area contributed by atoms with Crippen molar-refractivity contribution in [1.82, 2.24) is 10.2 Å². The monoisotopic (exact) mass is 254 g/mol. The van der Waals surface area contributed by atoms with E-state index in [9.17, 15) is 9.59 Å². The molecular formula is C13H22N2O3. The molecule has 5 heteroatoms. The van der Waals surface area contributed by atoms with Gasteiger partial charge in [-0.05, 0) is 33.9 Å². The maximum Gasteiger partial charge on any atom is 0.307 e. The lowest BCUT2D eigenvalue weighted by Gasteiger charge is -2.26. The van der Waals surface area contributed by atoms with E-state index in [2.05, 4.69) is 5.32 Å². The van der Waals surface area contributed by atoms with Gasteiger partial charge in [0, 0.05) is 12.6 Å². The van der Waals surface area contributed by atoms with Crippen molar-refractivity contribution < 1.29 is 14.7 Å². The summed E-state index contributed by atoms with van der Waals surface area (Å²) in [7, 11) is 3.89. The molecule has 1 amide bonds. The van der Waals surface area contributed by atoms with E-state index in [0.717, 1.165) is 0 Å². The van der Waals surface area contributed by atoms with Crippen LogP contribution in [-0.2, 0) is 9.59 Å². The number of hydrogen-bond donors (Lipinski definition) is 2. The Morgan fingerprint density at radius 1 is 1.33 bits per heavy atom. The average Bonchev–Trinajstić information content (AvgIpc) is 2.35. The number of nitrogens with one attached hydrogen (secondary N) is 1. The molecule has 0 aromatic heterocycles. The summed E-state index contributed by atoms with van der Waals surface area (Å²) < 4.78 is 0. The van der Waals surface area contributed by atoms with E-state index in [4.69, 9.17) is 5.11 Å². The fraction of sp³-hybridized carbons (Fsp3) is 0.692. The predicted octanol–water partition coefficient (Wildman–Crippen LogP) is 0.720. The molecule has 0 aromatic rings. The molecule has 0 bridgehead atoms. The van der Waals surface area contributed by atoms with E-state index in [0.29, 0.717) is 19.4 Å². The molecule has 5 nitrogen and oxygen atoms in total. The van der Waals surface area contributed by atoms with Crippen molar-refractivity contribution in [2.24, 2.45) is 11.8 Å². The number of carboxylic acids is 1. The highest BCUT2D eigenvalue weighted by molar-refractivity contribution is 5.85. The van der Waals surface area contributed by atoms with Gasteiger partial charge in [0.25, 0.3) is 0 Å². The van der Waals surface area contributed by atoms with Crippen LogP contribution in [-0.4, -0.2) is 48.6 Å². The van der Waals surface area contributed by atoms with Crippen LogP contribution in [0.3, 0.4) is 0 Å². The molecular weight excluding hydrogens is 232 g/mol. The first-order chi connectivity index (χ1) is 8.43. The summed E-state index contributed by atoms with van der Waals surface area (Å²) in [6.07, 6.45) is 4.68. The first kappa shape index (κ1) is 14.7. The van der Waals surface area contributed by atoms with Gasteiger partial charge in [-0.15, -0.1) is 0 Å². The highest BCUT2D eigenvalue weighted by atomic mass is 16.4. The topological polar surface area (TPSA) is 69.6 Å². The minimum absolute atomic E-state index is 0.152. The minimum Gasteiger partial charge on any atom is -0.481 e. The van der Waals surface area contributed by atoms with Crippen LogP contribution in [0, 0.1) is 11.8 Å². The summed E-state index contributed by atoms with van der Waals surface area (Å²) in [5, 5.41) is 11.9. The number of aliphatic carboxylic acids is 1. The SMILES string of the molecule is CC(CNC(=O)C1CC=CCC1C(=O)O)N(C)C. The Bertz CT molecular complexity index is 339. The van der Waals surface area contributed by atoms with Crippen LogP contribution in [0.15, 0.2) is 12.2 Å². The maximum absolute atomic E-state index is 12.0. The number of carbonyl (C=O) groups excluding carboxylic acids is 1. The quantitative estimate of drug-likeness (QED) is 0.709. The van der Waals surface area contributed by atoms with Crippen LogP contribution in [0.2, 0.25) is 0 Å². The van der Waals surface area contributed by atoms with Crippen LogP contribution in [0.5, 0.6) is 0 Å². The molecule has 1 rings (SSSR count). The molecule has 0 spiro atoms. The lowest BCUT2D eigenvalue weighted by molar-refractivity contribution is -0.147. The normalized spacial score (nSPS) is 24.9. The number of nitrogens with zero attached hydrogens (tertiary/aromatic N) is 1. The van der Waals surface area contributed by atoms with Gasteiger partial charge in [0.15, 0.2) is 0 Å². The molecule has 2 N–H and O–H groups in total. The third-order valence-electron chi connectivity index (χ3n) is 3.54. The Balaban J connectivity index is 2.54. The smallest absolute Gasteiger partial charge is 0.307 e. The summed E-state index contributed by atoms with van der Waals surface area (Å²) in [4.78, 5) is 25.1. The molecule has 0 aromatic carbocycles. The van der Waals surface area contributed by atoms with Crippen LogP contribution in [0.25, 0.3) is 0 Å². The van der Waals surface area contributed by atoms with Crippen LogP contribution in [0.4, 0.5) is 0 Å². The van der Waals surface area contributed by atoms with E-state index in [1.165, 1.54) is 0 Å². The molecule has 0 saturated heterocycles. The fourth-order valence-corrected chi connectivity index (χ4v) is 1.94. The highest BCUT2D eigenvalue weighted by Gasteiger charge is 2.33. The number of rotatable bonds is 5. The second-order valence-electron chi connectivity index (χ2n) is 5.05. The third kappa shape index (κ3) is 3.84. The molecule has 1 aliphatic carbocycles. The van der Waals surface area contributed by atoms with E-state index in [1.807, 2.05) is 38.1 Å². The molecule has 102 valence electrons. The van der Waals surface area contributed by atoms with Gasteiger partial charge in [0.1, 0.15) is 0 Å². The number of allylic oxidation sites excluding steroid dienone is 2. The van der Waals surface area contributed by atoms with Crippen LogP contribution >= 0.6 is 0 Å². The van der Waals surface area contributed by atoms with Crippen molar-refractivity contribution in [3.63, 3.8) is 0 Å². The summed E-state index contributed by atoms with van der Waals surface area (Å²) in [6.45, 7) is 2.55. The third-order valence-corrected chi connectivity index (χ3v) is 3.54. The van der Waals surface area contributed by atoms with Crippen molar-refractivity contribution in [3.05, 3.63) is 12.2 Å². The number of hydrogen-bond acceptors (Lipinski definition) is 3. The second kappa shape index (κ2) is 6.54. The zero-order valence-electron chi connectivity index (χ0n) is 11.2. The van der Waals surface area contributed by atoms with Gasteiger partial charge < -0.3 is 15.3 Å². The Labute approximate surface area is 108 Å². The summed E-state index contributed by atoms with van der Waals surface area (Å²) >= 11 is 0. The molecule has 0 fully saturated rings. The van der Waals surface area contributed by atoms with Crippen LogP contribution in [0.1, 0.15) is 19.8 Å². The first-order valence-electron chi connectivity index (χ1n) is 6.25. The summed E-state index contributed by atoms with van der Waals surface area (Å²) in [6, 6.07) is 0.233. The van der Waals surface area contributed by atoms with Gasteiger partial charge >= 0.3 is 5.97 Å². The van der Waals surface area contributed by atoms with E-state index < -0.39 is 17.8 Å². The lowest BCUT2D eigenvalue weighted by Crippen LogP contribution is -2.43. The number of carboxylic acid groups (broad SMARTS) is 1. The molecule has 0 aliphatic heterocycles. The molecule has 1 aliphatic rings. The summed E-state index contributed by atoms with van der Waals surface area (Å²) in [5.41, 5.74) is 0. The zero-order chi connectivity index (χ0) is 13.7. The Kier molecular flexibility index (Phi) is 5.34. The van der Waals surface area contributed by atoms with Crippen molar-refractivity contribution in [2.45, 2.75) is 25.8 Å². The average molecular weight is 254 g/mol. The highest BCUT2D eigenvalue weighted by Crippen LogP contribution is 2.25. The lowest BCUT2D eigenvalue weighted by atomic mass is 9.82. The van der Waals surface area contributed by atoms with E-state index in [1.54, 1.807) is 0 Å². The first-order valence-corrected chi connectivity index (χ1v) is 6.25. The maximum atomic E-state index is 12.0. The molecule has 3 atom stereocenters. The Morgan fingerprint density at radius 2 is 1.89 bits per heavy atom. The van der Waals surface area contributed by atoms with Gasteiger partial charge in [-0.1, -0.05) is 12.2 Å². The molecule has 18 heavy (non-hydrogen) atoms. The second-order valence-corrected chi connectivity index (χ2v) is 5.05. The van der Waals surface area contributed by atoms with Gasteiger partial charge in [-0.3, -0.25) is 9.59 Å². The van der Waals surface area contributed by atoms with Gasteiger partial charge in [-0.2, -0.15) is 0 Å². The molecule has 0 saturated carbocycles.